The summed E-state index contributed by atoms with van der Waals surface area (Å²) in [6, 6.07) is 17.0. The number of rotatable bonds is 6. The second-order valence-corrected chi connectivity index (χ2v) is 12.7. The van der Waals surface area contributed by atoms with Crippen LogP contribution in [0.25, 0.3) is 27.2 Å². The molecule has 1 amide bonds. The van der Waals surface area contributed by atoms with Crippen molar-refractivity contribution in [3.05, 3.63) is 85.8 Å². The number of thiophene rings is 1. The van der Waals surface area contributed by atoms with Crippen LogP contribution in [0.3, 0.4) is 0 Å². The second-order valence-electron chi connectivity index (χ2n) is 9.06. The van der Waals surface area contributed by atoms with Crippen molar-refractivity contribution < 1.29 is 4.79 Å². The Bertz CT molecular complexity index is 1690. The number of aryl methyl sites for hydroxylation is 2. The van der Waals surface area contributed by atoms with E-state index in [9.17, 15) is 9.59 Å². The zero-order valence-corrected chi connectivity index (χ0v) is 23.6. The van der Waals surface area contributed by atoms with E-state index in [1.165, 1.54) is 28.0 Å². The molecule has 1 aliphatic carbocycles. The fourth-order valence-corrected chi connectivity index (χ4v) is 7.65. The molecule has 0 bridgehead atoms. The van der Waals surface area contributed by atoms with E-state index < -0.39 is 5.25 Å². The van der Waals surface area contributed by atoms with Crippen molar-refractivity contribution >= 4 is 67.3 Å². The molecule has 3 heterocycles. The van der Waals surface area contributed by atoms with Crippen LogP contribution in [-0.4, -0.2) is 25.7 Å². The van der Waals surface area contributed by atoms with Gasteiger partial charge >= 0.3 is 0 Å². The smallest absolute Gasteiger partial charge is 0.267 e. The molecule has 5 aromatic rings. The molecule has 38 heavy (non-hydrogen) atoms. The number of carbonyl (C=O) groups is 1. The van der Waals surface area contributed by atoms with E-state index in [1.54, 1.807) is 28.0 Å². The second kappa shape index (κ2) is 10.6. The first-order valence-electron chi connectivity index (χ1n) is 12.3. The normalized spacial score (nSPS) is 13.8. The summed E-state index contributed by atoms with van der Waals surface area (Å²) in [6.07, 6.45) is 4.09. The van der Waals surface area contributed by atoms with E-state index in [0.29, 0.717) is 26.4 Å². The van der Waals surface area contributed by atoms with E-state index in [4.69, 9.17) is 16.6 Å². The molecule has 0 aliphatic heterocycles. The summed E-state index contributed by atoms with van der Waals surface area (Å²) in [6.45, 7) is 1.81. The Hall–Kier alpha value is -2.98. The predicted octanol–water partition coefficient (Wildman–Crippen LogP) is 7.22. The molecule has 1 unspecified atom stereocenters. The third-order valence-electron chi connectivity index (χ3n) is 6.50. The number of benzene rings is 2. The zero-order valence-electron chi connectivity index (χ0n) is 20.4. The van der Waals surface area contributed by atoms with E-state index in [-0.39, 0.29) is 11.5 Å². The number of nitrogens with one attached hydrogen (secondary N) is 1. The molecule has 0 fully saturated rings. The molecule has 0 saturated heterocycles. The topological polar surface area (TPSA) is 76.9 Å². The van der Waals surface area contributed by atoms with Gasteiger partial charge in [-0.15, -0.1) is 22.7 Å². The molecule has 192 valence electrons. The Balaban J connectivity index is 1.32. The van der Waals surface area contributed by atoms with Crippen molar-refractivity contribution in [2.24, 2.45) is 0 Å². The Labute approximate surface area is 236 Å². The molecule has 3 aromatic heterocycles. The molecule has 0 radical (unpaired) electrons. The quantitative estimate of drug-likeness (QED) is 0.170. The maximum atomic E-state index is 13.9. The maximum Gasteiger partial charge on any atom is 0.267 e. The molecule has 1 atom stereocenters. The van der Waals surface area contributed by atoms with E-state index in [2.05, 4.69) is 10.3 Å². The summed E-state index contributed by atoms with van der Waals surface area (Å²) >= 11 is 10.4. The molecule has 0 saturated carbocycles. The first kappa shape index (κ1) is 25.3. The summed E-state index contributed by atoms with van der Waals surface area (Å²) in [4.78, 5) is 38.6. The number of anilines is 1. The van der Waals surface area contributed by atoms with Gasteiger partial charge in [0.1, 0.15) is 4.83 Å². The number of amides is 1. The van der Waals surface area contributed by atoms with E-state index >= 15 is 0 Å². The predicted molar refractivity (Wildman–Crippen MR) is 158 cm³/mol. The standard InChI is InChI=1S/C28H23ClN4O2S3/c1-16(24(34)31-27-30-21(15-36-27)17-7-3-2-4-8-17)37-28-32-25-23(20-9-5-6-10-22(20)38-25)26(35)33(28)19-13-11-18(29)12-14-19/h2-4,7-8,11-16H,5-6,9-10H2,1H3,(H,30,31,34). The minimum absolute atomic E-state index is 0.0979. The molecule has 2 aromatic carbocycles. The molecule has 10 heteroatoms. The lowest BCUT2D eigenvalue weighted by Crippen LogP contribution is -2.26. The highest BCUT2D eigenvalue weighted by Gasteiger charge is 2.25. The third-order valence-corrected chi connectivity index (χ3v) is 9.75. The molecule has 6 nitrogen and oxygen atoms in total. The fourth-order valence-electron chi connectivity index (χ4n) is 4.57. The number of hydrogen-bond acceptors (Lipinski definition) is 7. The molecule has 1 N–H and O–H groups in total. The average Bonchev–Trinajstić information content (AvgIpc) is 3.54. The van der Waals surface area contributed by atoms with Crippen LogP contribution in [0.4, 0.5) is 5.13 Å². The lowest BCUT2D eigenvalue weighted by atomic mass is 9.97. The first-order chi connectivity index (χ1) is 18.5. The van der Waals surface area contributed by atoms with E-state index in [0.717, 1.165) is 47.3 Å². The number of fused-ring (bicyclic) bond motifs is 3. The molecule has 6 rings (SSSR count). The van der Waals surface area contributed by atoms with Crippen molar-refractivity contribution in [1.82, 2.24) is 14.5 Å². The summed E-state index contributed by atoms with van der Waals surface area (Å²) in [5, 5.41) is 6.64. The van der Waals surface area contributed by atoms with Gasteiger partial charge < -0.3 is 5.32 Å². The molecule has 1 aliphatic rings. The number of thiazole rings is 1. The van der Waals surface area contributed by atoms with Crippen LogP contribution in [0.2, 0.25) is 5.02 Å². The average molecular weight is 579 g/mol. The van der Waals surface area contributed by atoms with Gasteiger partial charge in [0, 0.05) is 20.8 Å². The van der Waals surface area contributed by atoms with Gasteiger partial charge in [-0.2, -0.15) is 0 Å². The van der Waals surface area contributed by atoms with Gasteiger partial charge in [-0.05, 0) is 62.4 Å². The lowest BCUT2D eigenvalue weighted by Gasteiger charge is -2.16. The van der Waals surface area contributed by atoms with Gasteiger partial charge in [0.05, 0.1) is 22.0 Å². The van der Waals surface area contributed by atoms with Crippen molar-refractivity contribution in [2.75, 3.05) is 5.32 Å². The highest BCUT2D eigenvalue weighted by molar-refractivity contribution is 8.00. The first-order valence-corrected chi connectivity index (χ1v) is 15.2. The van der Waals surface area contributed by atoms with Crippen molar-refractivity contribution in [1.29, 1.82) is 0 Å². The number of thioether (sulfide) groups is 1. The lowest BCUT2D eigenvalue weighted by molar-refractivity contribution is -0.115. The van der Waals surface area contributed by atoms with Crippen LogP contribution in [0, 0.1) is 0 Å². The SMILES string of the molecule is CC(Sc1nc2sc3c(c2c(=O)n1-c1ccc(Cl)cc1)CCCC3)C(=O)Nc1nc(-c2ccccc2)cs1. The number of halogens is 1. The van der Waals surface area contributed by atoms with Crippen LogP contribution >= 0.6 is 46.0 Å². The monoisotopic (exact) mass is 578 g/mol. The summed E-state index contributed by atoms with van der Waals surface area (Å²) in [7, 11) is 0. The van der Waals surface area contributed by atoms with Gasteiger partial charge in [0.25, 0.3) is 5.56 Å². The minimum Gasteiger partial charge on any atom is -0.301 e. The Morgan fingerprint density at radius 3 is 2.63 bits per heavy atom. The summed E-state index contributed by atoms with van der Waals surface area (Å²) in [5.74, 6) is -0.202. The molecular formula is C28H23ClN4O2S3. The Morgan fingerprint density at radius 1 is 1.08 bits per heavy atom. The van der Waals surface area contributed by atoms with Crippen LogP contribution < -0.4 is 10.9 Å². The third kappa shape index (κ3) is 4.91. The van der Waals surface area contributed by atoms with Gasteiger partial charge in [0.15, 0.2) is 10.3 Å². The van der Waals surface area contributed by atoms with E-state index in [1.807, 2.05) is 54.8 Å². The number of carbonyl (C=O) groups excluding carboxylic acids is 1. The Kier molecular flexibility index (Phi) is 7.09. The fraction of sp³-hybridized carbons (Fsp3) is 0.214. The maximum absolute atomic E-state index is 13.9. The van der Waals surface area contributed by atoms with Gasteiger partial charge in [0.2, 0.25) is 5.91 Å². The van der Waals surface area contributed by atoms with Crippen LogP contribution in [0.1, 0.15) is 30.2 Å². The molecule has 0 spiro atoms. The summed E-state index contributed by atoms with van der Waals surface area (Å²) < 4.78 is 1.62. The highest BCUT2D eigenvalue weighted by Crippen LogP contribution is 2.36. The van der Waals surface area contributed by atoms with Crippen molar-refractivity contribution in [3.63, 3.8) is 0 Å². The van der Waals surface area contributed by atoms with Gasteiger partial charge in [-0.1, -0.05) is 53.7 Å². The minimum atomic E-state index is -0.517. The number of aromatic nitrogens is 3. The zero-order chi connectivity index (χ0) is 26.2. The number of nitrogens with zero attached hydrogens (tertiary/aromatic N) is 3. The van der Waals surface area contributed by atoms with Crippen LogP contribution in [-0.2, 0) is 17.6 Å². The van der Waals surface area contributed by atoms with Crippen LogP contribution in [0.15, 0.2) is 69.9 Å². The van der Waals surface area contributed by atoms with Crippen molar-refractivity contribution in [3.8, 4) is 16.9 Å². The van der Waals surface area contributed by atoms with Gasteiger partial charge in [-0.25, -0.2) is 9.97 Å². The van der Waals surface area contributed by atoms with Crippen LogP contribution in [0.5, 0.6) is 0 Å². The number of hydrogen-bond donors (Lipinski definition) is 1. The van der Waals surface area contributed by atoms with Crippen molar-refractivity contribution in [2.45, 2.75) is 43.0 Å². The molecular weight excluding hydrogens is 556 g/mol. The summed E-state index contributed by atoms with van der Waals surface area (Å²) in [5.41, 5.74) is 3.52. The Morgan fingerprint density at radius 2 is 1.84 bits per heavy atom. The largest absolute Gasteiger partial charge is 0.301 e. The highest BCUT2D eigenvalue weighted by atomic mass is 35.5. The van der Waals surface area contributed by atoms with Gasteiger partial charge in [-0.3, -0.25) is 14.2 Å².